The van der Waals surface area contributed by atoms with Gasteiger partial charge in [-0.15, -0.1) is 13.2 Å². The van der Waals surface area contributed by atoms with Crippen LogP contribution in [0, 0.1) is 0 Å². The third-order valence-electron chi connectivity index (χ3n) is 2.24. The molecule has 0 spiro atoms. The quantitative estimate of drug-likeness (QED) is 0.531. The molecule has 1 fully saturated rings. The summed E-state index contributed by atoms with van der Waals surface area (Å²) in [6.07, 6.45) is 5.62. The van der Waals surface area contributed by atoms with Crippen molar-refractivity contribution in [3.05, 3.63) is 38.0 Å². The van der Waals surface area contributed by atoms with Gasteiger partial charge in [0.25, 0.3) is 0 Å². The van der Waals surface area contributed by atoms with Crippen molar-refractivity contribution in [1.82, 2.24) is 5.32 Å². The van der Waals surface area contributed by atoms with Crippen LogP contribution in [-0.4, -0.2) is 17.7 Å². The molecule has 1 heterocycles. The van der Waals surface area contributed by atoms with Crippen LogP contribution in [0.2, 0.25) is 0 Å². The summed E-state index contributed by atoms with van der Waals surface area (Å²) in [4.78, 5) is 11.6. The van der Waals surface area contributed by atoms with Gasteiger partial charge in [-0.25, -0.2) is 4.79 Å². The van der Waals surface area contributed by atoms with Crippen LogP contribution < -0.4 is 5.32 Å². The Bertz CT molecular complexity index is 260. The van der Waals surface area contributed by atoms with E-state index in [1.165, 1.54) is 0 Å². The molecule has 0 saturated carbocycles. The number of esters is 1. The van der Waals surface area contributed by atoms with Gasteiger partial charge in [-0.05, 0) is 18.9 Å². The molecule has 3 nitrogen and oxygen atoms in total. The Kier molecular flexibility index (Phi) is 3.25. The predicted molar refractivity (Wildman–Crippen MR) is 55.6 cm³/mol. The second kappa shape index (κ2) is 4.24. The van der Waals surface area contributed by atoms with E-state index in [1.54, 1.807) is 18.2 Å². The lowest BCUT2D eigenvalue weighted by Gasteiger charge is -2.21. The van der Waals surface area contributed by atoms with E-state index < -0.39 is 11.8 Å². The maximum Gasteiger partial charge on any atom is 0.328 e. The molecule has 0 bridgehead atoms. The number of cyclic esters (lactones) is 1. The molecule has 1 rings (SSSR count). The van der Waals surface area contributed by atoms with Gasteiger partial charge in [0, 0.05) is 0 Å². The summed E-state index contributed by atoms with van der Waals surface area (Å²) in [6, 6.07) is 0. The van der Waals surface area contributed by atoms with Crippen molar-refractivity contribution in [3.8, 4) is 0 Å². The van der Waals surface area contributed by atoms with E-state index >= 15 is 0 Å². The zero-order valence-corrected chi connectivity index (χ0v) is 8.16. The Labute approximate surface area is 84.1 Å². The zero-order chi connectivity index (χ0) is 10.6. The van der Waals surface area contributed by atoms with Gasteiger partial charge in [-0.2, -0.15) is 0 Å². The van der Waals surface area contributed by atoms with E-state index in [9.17, 15) is 4.79 Å². The standard InChI is InChI=1S/C11H15NO2/c1-4-7-11(8-5-2)10(13)14-9(6-3)12-11/h4-6,9,12H,1-3,7-8H2. The van der Waals surface area contributed by atoms with Crippen molar-refractivity contribution in [2.45, 2.75) is 24.6 Å². The molecule has 3 heteroatoms. The summed E-state index contributed by atoms with van der Waals surface area (Å²) in [5.74, 6) is -0.262. The number of ether oxygens (including phenoxy) is 1. The maximum atomic E-state index is 11.6. The fourth-order valence-electron chi connectivity index (χ4n) is 1.56. The SMILES string of the molecule is C=CCC1(CC=C)NC(C=C)OC1=O. The van der Waals surface area contributed by atoms with Crippen LogP contribution in [0.1, 0.15) is 12.8 Å². The van der Waals surface area contributed by atoms with E-state index in [0.29, 0.717) is 12.8 Å². The first-order valence-electron chi connectivity index (χ1n) is 4.51. The summed E-state index contributed by atoms with van der Waals surface area (Å²) < 4.78 is 5.07. The highest BCUT2D eigenvalue weighted by atomic mass is 16.6. The number of nitrogens with one attached hydrogen (secondary N) is 1. The predicted octanol–water partition coefficient (Wildman–Crippen LogP) is 1.54. The van der Waals surface area contributed by atoms with Crippen LogP contribution in [0.3, 0.4) is 0 Å². The largest absolute Gasteiger partial charge is 0.441 e. The van der Waals surface area contributed by atoms with Gasteiger partial charge in [0.2, 0.25) is 0 Å². The van der Waals surface area contributed by atoms with Crippen LogP contribution in [0.4, 0.5) is 0 Å². The van der Waals surface area contributed by atoms with Gasteiger partial charge in [0.15, 0.2) is 6.23 Å². The highest BCUT2D eigenvalue weighted by Gasteiger charge is 2.45. The Morgan fingerprint density at radius 1 is 1.36 bits per heavy atom. The molecule has 76 valence electrons. The number of rotatable bonds is 5. The molecule has 1 saturated heterocycles. The Morgan fingerprint density at radius 2 is 1.93 bits per heavy atom. The van der Waals surface area contributed by atoms with E-state index in [1.807, 2.05) is 0 Å². The molecular weight excluding hydrogens is 178 g/mol. The minimum atomic E-state index is -0.692. The molecule has 0 radical (unpaired) electrons. The second-order valence-corrected chi connectivity index (χ2v) is 3.27. The van der Waals surface area contributed by atoms with Gasteiger partial charge in [-0.1, -0.05) is 18.7 Å². The Morgan fingerprint density at radius 3 is 2.29 bits per heavy atom. The lowest BCUT2D eigenvalue weighted by atomic mass is 9.92. The summed E-state index contributed by atoms with van der Waals surface area (Å²) in [5, 5.41) is 3.07. The molecule has 0 amide bonds. The van der Waals surface area contributed by atoms with Gasteiger partial charge in [0.05, 0.1) is 0 Å². The van der Waals surface area contributed by atoms with Gasteiger partial charge in [0.1, 0.15) is 5.54 Å². The summed E-state index contributed by atoms with van der Waals surface area (Å²) in [6.45, 7) is 10.8. The van der Waals surface area contributed by atoms with Gasteiger partial charge < -0.3 is 4.74 Å². The molecule has 0 aromatic rings. The van der Waals surface area contributed by atoms with E-state index in [-0.39, 0.29) is 5.97 Å². The monoisotopic (exact) mass is 193 g/mol. The minimum absolute atomic E-state index is 0.262. The second-order valence-electron chi connectivity index (χ2n) is 3.27. The van der Waals surface area contributed by atoms with Crippen molar-refractivity contribution < 1.29 is 9.53 Å². The third kappa shape index (κ3) is 1.77. The average Bonchev–Trinajstić information content (AvgIpc) is 2.45. The first kappa shape index (κ1) is 10.7. The number of hydrogen-bond acceptors (Lipinski definition) is 3. The molecule has 0 aromatic heterocycles. The third-order valence-corrected chi connectivity index (χ3v) is 2.24. The smallest absolute Gasteiger partial charge is 0.328 e. The molecule has 0 aromatic carbocycles. The highest BCUT2D eigenvalue weighted by molar-refractivity contribution is 5.83. The summed E-state index contributed by atoms with van der Waals surface area (Å²) in [5.41, 5.74) is -0.692. The zero-order valence-electron chi connectivity index (χ0n) is 8.16. The lowest BCUT2D eigenvalue weighted by molar-refractivity contribution is -0.144. The molecule has 1 unspecified atom stereocenters. The molecule has 1 atom stereocenters. The molecule has 1 N–H and O–H groups in total. The normalized spacial score (nSPS) is 24.0. The first-order valence-corrected chi connectivity index (χ1v) is 4.51. The molecule has 14 heavy (non-hydrogen) atoms. The number of hydrogen-bond donors (Lipinski definition) is 1. The van der Waals surface area contributed by atoms with Crippen LogP contribution in [0.25, 0.3) is 0 Å². The van der Waals surface area contributed by atoms with Crippen molar-refractivity contribution in [1.29, 1.82) is 0 Å². The van der Waals surface area contributed by atoms with Crippen LogP contribution in [-0.2, 0) is 9.53 Å². The van der Waals surface area contributed by atoms with Crippen molar-refractivity contribution in [3.63, 3.8) is 0 Å². The van der Waals surface area contributed by atoms with E-state index in [4.69, 9.17) is 4.74 Å². The van der Waals surface area contributed by atoms with Crippen molar-refractivity contribution in [2.24, 2.45) is 0 Å². The molecule has 1 aliphatic heterocycles. The molecular formula is C11H15NO2. The Hall–Kier alpha value is -1.35. The van der Waals surface area contributed by atoms with Crippen molar-refractivity contribution in [2.75, 3.05) is 0 Å². The molecule has 1 aliphatic rings. The fraction of sp³-hybridized carbons (Fsp3) is 0.364. The summed E-state index contributed by atoms with van der Waals surface area (Å²) in [7, 11) is 0. The fourth-order valence-corrected chi connectivity index (χ4v) is 1.56. The Balaban J connectivity index is 2.86. The van der Waals surface area contributed by atoms with Crippen LogP contribution >= 0.6 is 0 Å². The van der Waals surface area contributed by atoms with E-state index in [0.717, 1.165) is 0 Å². The highest BCUT2D eigenvalue weighted by Crippen LogP contribution is 2.26. The lowest BCUT2D eigenvalue weighted by Crippen LogP contribution is -2.46. The minimum Gasteiger partial charge on any atom is -0.441 e. The van der Waals surface area contributed by atoms with Crippen LogP contribution in [0.5, 0.6) is 0 Å². The van der Waals surface area contributed by atoms with Crippen LogP contribution in [0.15, 0.2) is 38.0 Å². The summed E-state index contributed by atoms with van der Waals surface area (Å²) >= 11 is 0. The number of carbonyl (C=O) groups excluding carboxylic acids is 1. The van der Waals surface area contributed by atoms with E-state index in [2.05, 4.69) is 25.1 Å². The maximum absolute atomic E-state index is 11.6. The van der Waals surface area contributed by atoms with Crippen molar-refractivity contribution >= 4 is 5.97 Å². The van der Waals surface area contributed by atoms with Gasteiger partial charge in [-0.3, -0.25) is 5.32 Å². The van der Waals surface area contributed by atoms with Gasteiger partial charge >= 0.3 is 5.97 Å². The average molecular weight is 193 g/mol. The number of carbonyl (C=O) groups is 1. The first-order chi connectivity index (χ1) is 6.68. The topological polar surface area (TPSA) is 38.3 Å². The molecule has 0 aliphatic carbocycles.